The van der Waals surface area contributed by atoms with Gasteiger partial charge < -0.3 is 8.23 Å². The molecule has 0 bridgehead atoms. The van der Waals surface area contributed by atoms with Crippen molar-refractivity contribution in [2.45, 2.75) is 45.8 Å². The summed E-state index contributed by atoms with van der Waals surface area (Å²) in [5, 5.41) is 1.04. The Bertz CT molecular complexity index is 442. The lowest BCUT2D eigenvalue weighted by molar-refractivity contribution is 0.406. The fourth-order valence-corrected chi connectivity index (χ4v) is 13.8. The molecule has 0 fully saturated rings. The van der Waals surface area contributed by atoms with Crippen LogP contribution in [0.5, 0.6) is 0 Å². The third kappa shape index (κ3) is 5.49. The first-order valence-electron chi connectivity index (χ1n) is 7.08. The average molecular weight is 325 g/mol. The minimum absolute atomic E-state index is 1.04. The number of hydrogen-bond acceptors (Lipinski definition) is 2. The Morgan fingerprint density at radius 1 is 0.800 bits per heavy atom. The summed E-state index contributed by atoms with van der Waals surface area (Å²) in [5.41, 5.74) is 1.14. The third-order valence-corrected chi connectivity index (χ3v) is 12.1. The summed E-state index contributed by atoms with van der Waals surface area (Å²) in [5.74, 6) is 0. The molecule has 2 nitrogen and oxygen atoms in total. The van der Waals surface area contributed by atoms with Crippen LogP contribution in [0.4, 0.5) is 0 Å². The van der Waals surface area contributed by atoms with E-state index >= 15 is 0 Å². The van der Waals surface area contributed by atoms with E-state index in [-0.39, 0.29) is 0 Å². The van der Waals surface area contributed by atoms with E-state index < -0.39 is 25.2 Å². The zero-order valence-corrected chi connectivity index (χ0v) is 16.9. The highest BCUT2D eigenvalue weighted by molar-refractivity contribution is 6.97. The highest BCUT2D eigenvalue weighted by Gasteiger charge is 2.43. The monoisotopic (exact) mass is 324 g/mol. The minimum atomic E-state index is -2.44. The topological polar surface area (TPSA) is 18.5 Å². The second-order valence-corrected chi connectivity index (χ2v) is 19.8. The van der Waals surface area contributed by atoms with Crippen molar-refractivity contribution in [3.05, 3.63) is 42.5 Å². The second kappa shape index (κ2) is 6.11. The molecule has 0 atom stereocenters. The Kier molecular flexibility index (Phi) is 5.37. The van der Waals surface area contributed by atoms with Gasteiger partial charge in [-0.1, -0.05) is 36.9 Å². The third-order valence-electron chi connectivity index (χ3n) is 2.67. The molecule has 1 aromatic rings. The van der Waals surface area contributed by atoms with Crippen molar-refractivity contribution in [1.82, 2.24) is 0 Å². The Morgan fingerprint density at radius 3 is 1.55 bits per heavy atom. The Labute approximate surface area is 127 Å². The SMILES string of the molecule is C=C(c1ccccc1)[Si](C)(O[Si](C)(C)C)O[Si](C)(C)C. The summed E-state index contributed by atoms with van der Waals surface area (Å²) in [6.45, 7) is 19.7. The summed E-state index contributed by atoms with van der Waals surface area (Å²) in [4.78, 5) is 0. The first kappa shape index (κ1) is 17.6. The number of hydrogen-bond donors (Lipinski definition) is 0. The summed E-state index contributed by atoms with van der Waals surface area (Å²) in [7, 11) is -5.82. The van der Waals surface area contributed by atoms with Gasteiger partial charge in [0.1, 0.15) is 0 Å². The molecule has 0 amide bonds. The normalized spacial score (nSPS) is 13.3. The molecule has 0 unspecified atom stereocenters. The Balaban J connectivity index is 3.14. The lowest BCUT2D eigenvalue weighted by atomic mass is 10.2. The van der Waals surface area contributed by atoms with Crippen LogP contribution in [0.25, 0.3) is 5.20 Å². The van der Waals surface area contributed by atoms with Gasteiger partial charge in [0.05, 0.1) is 0 Å². The first-order valence-corrected chi connectivity index (χ1v) is 16.2. The van der Waals surface area contributed by atoms with Crippen LogP contribution in [0.3, 0.4) is 0 Å². The molecular formula is C15H28O2Si3. The van der Waals surface area contributed by atoms with Gasteiger partial charge in [-0.2, -0.15) is 0 Å². The molecule has 0 radical (unpaired) electrons. The summed E-state index contributed by atoms with van der Waals surface area (Å²) >= 11 is 0. The maximum atomic E-state index is 6.51. The van der Waals surface area contributed by atoms with E-state index in [1.54, 1.807) is 0 Å². The van der Waals surface area contributed by atoms with Gasteiger partial charge in [-0.3, -0.25) is 0 Å². The van der Waals surface area contributed by atoms with Crippen molar-refractivity contribution in [3.63, 3.8) is 0 Å². The highest BCUT2D eigenvalue weighted by Crippen LogP contribution is 2.31. The van der Waals surface area contributed by atoms with Crippen molar-refractivity contribution < 1.29 is 8.23 Å². The largest absolute Gasteiger partial charge is 0.433 e. The molecule has 0 aliphatic rings. The summed E-state index contributed by atoms with van der Waals surface area (Å²) < 4.78 is 13.0. The second-order valence-electron chi connectivity index (χ2n) is 7.22. The zero-order valence-electron chi connectivity index (χ0n) is 13.9. The smallest absolute Gasteiger partial charge is 0.348 e. The predicted molar refractivity (Wildman–Crippen MR) is 96.0 cm³/mol. The summed E-state index contributed by atoms with van der Waals surface area (Å²) in [6.07, 6.45) is 0. The van der Waals surface area contributed by atoms with Crippen molar-refractivity contribution in [1.29, 1.82) is 0 Å². The van der Waals surface area contributed by atoms with Crippen LogP contribution in [0.15, 0.2) is 36.9 Å². The highest BCUT2D eigenvalue weighted by atomic mass is 28.5. The molecule has 0 saturated heterocycles. The van der Waals surface area contributed by atoms with Crippen molar-refractivity contribution in [2.75, 3.05) is 0 Å². The van der Waals surface area contributed by atoms with Crippen LogP contribution in [0.2, 0.25) is 45.8 Å². The van der Waals surface area contributed by atoms with Gasteiger partial charge in [-0.15, -0.1) is 0 Å². The standard InChI is InChI=1S/C15H28O2Si3/c1-14(15-12-10-9-11-13-15)20(8,16-18(2,3)4)17-19(5,6)7/h9-13H,1H2,2-8H3. The lowest BCUT2D eigenvalue weighted by Gasteiger charge is -2.39. The van der Waals surface area contributed by atoms with Gasteiger partial charge in [0, 0.05) is 0 Å². The van der Waals surface area contributed by atoms with Crippen LogP contribution in [0, 0.1) is 0 Å². The summed E-state index contributed by atoms with van der Waals surface area (Å²) in [6, 6.07) is 10.3. The number of rotatable bonds is 6. The molecule has 0 aliphatic carbocycles. The quantitative estimate of drug-likeness (QED) is 0.684. The first-order chi connectivity index (χ1) is 8.93. The molecule has 0 aromatic heterocycles. The van der Waals surface area contributed by atoms with Crippen LogP contribution in [0.1, 0.15) is 5.56 Å². The van der Waals surface area contributed by atoms with E-state index in [1.807, 2.05) is 18.2 Å². The van der Waals surface area contributed by atoms with Gasteiger partial charge in [0.25, 0.3) is 0 Å². The van der Waals surface area contributed by atoms with E-state index in [4.69, 9.17) is 8.23 Å². The van der Waals surface area contributed by atoms with Gasteiger partial charge in [-0.25, -0.2) is 0 Å². The predicted octanol–water partition coefficient (Wildman–Crippen LogP) is 5.01. The maximum absolute atomic E-state index is 6.51. The molecule has 0 saturated carbocycles. The molecular weight excluding hydrogens is 296 g/mol. The fraction of sp³-hybridized carbons (Fsp3) is 0.467. The minimum Gasteiger partial charge on any atom is -0.433 e. The van der Waals surface area contributed by atoms with E-state index in [9.17, 15) is 0 Å². The molecule has 0 aliphatic heterocycles. The zero-order chi connectivity index (χ0) is 15.6. The van der Waals surface area contributed by atoms with Gasteiger partial charge in [-0.05, 0) is 56.6 Å². The van der Waals surface area contributed by atoms with Gasteiger partial charge in [0.15, 0.2) is 16.6 Å². The molecule has 1 rings (SSSR count). The van der Waals surface area contributed by atoms with E-state index in [0.717, 1.165) is 10.8 Å². The van der Waals surface area contributed by atoms with Gasteiger partial charge in [0.2, 0.25) is 0 Å². The van der Waals surface area contributed by atoms with Crippen LogP contribution in [-0.2, 0) is 8.23 Å². The van der Waals surface area contributed by atoms with Gasteiger partial charge >= 0.3 is 8.56 Å². The molecule has 5 heteroatoms. The molecule has 20 heavy (non-hydrogen) atoms. The van der Waals surface area contributed by atoms with Crippen LogP contribution in [-0.4, -0.2) is 25.2 Å². The van der Waals surface area contributed by atoms with E-state index in [2.05, 4.69) is 64.5 Å². The molecule has 0 spiro atoms. The van der Waals surface area contributed by atoms with Crippen LogP contribution < -0.4 is 0 Å². The Morgan fingerprint density at radius 2 is 1.20 bits per heavy atom. The van der Waals surface area contributed by atoms with Crippen molar-refractivity contribution in [3.8, 4) is 0 Å². The molecule has 1 aromatic carbocycles. The molecule has 112 valence electrons. The maximum Gasteiger partial charge on any atom is 0.348 e. The average Bonchev–Trinajstić information content (AvgIpc) is 2.24. The van der Waals surface area contributed by atoms with E-state index in [0.29, 0.717) is 0 Å². The Hall–Kier alpha value is -0.469. The van der Waals surface area contributed by atoms with Crippen LogP contribution >= 0.6 is 0 Å². The van der Waals surface area contributed by atoms with Crippen molar-refractivity contribution in [2.24, 2.45) is 0 Å². The number of benzene rings is 1. The van der Waals surface area contributed by atoms with Crippen molar-refractivity contribution >= 4 is 30.4 Å². The lowest BCUT2D eigenvalue weighted by Crippen LogP contribution is -2.53. The fourth-order valence-electron chi connectivity index (χ4n) is 2.21. The molecule has 0 N–H and O–H groups in total. The molecule has 0 heterocycles. The van der Waals surface area contributed by atoms with E-state index in [1.165, 1.54) is 0 Å².